The van der Waals surface area contributed by atoms with Crippen LogP contribution in [0.4, 0.5) is 5.69 Å². The molecule has 0 bridgehead atoms. The standard InChI is InChI=1S/C15H8N2O10/c18-12(19)8-7(5-2-1-3-6(4-5)17(26)27)9(13(20)21)11(15(24)25)16-10(8)14(22)23/h1-4H,(H,18,19)(H,20,21)(H,22,23)(H,24,25)/p-4. The number of benzene rings is 1. The van der Waals surface area contributed by atoms with Crippen LogP contribution in [0.5, 0.6) is 0 Å². The predicted octanol–water partition coefficient (Wildman–Crippen LogP) is -3.89. The number of nitrogens with zero attached hydrogens (tertiary/aromatic N) is 2. The maximum Gasteiger partial charge on any atom is 0.270 e. The molecule has 0 aliphatic carbocycles. The Bertz CT molecular complexity index is 977. The van der Waals surface area contributed by atoms with Crippen LogP contribution in [0.2, 0.25) is 0 Å². The minimum atomic E-state index is -2.26. The van der Waals surface area contributed by atoms with Crippen LogP contribution in [0, 0.1) is 10.1 Å². The monoisotopic (exact) mass is 372 g/mol. The minimum absolute atomic E-state index is 0.505. The third kappa shape index (κ3) is 3.39. The number of carboxylic acids is 4. The van der Waals surface area contributed by atoms with Crippen molar-refractivity contribution in [3.8, 4) is 11.1 Å². The maximum absolute atomic E-state index is 11.4. The molecule has 0 aliphatic rings. The van der Waals surface area contributed by atoms with Crippen LogP contribution < -0.4 is 20.4 Å². The van der Waals surface area contributed by atoms with Gasteiger partial charge in [-0.2, -0.15) is 0 Å². The van der Waals surface area contributed by atoms with Gasteiger partial charge in [-0.1, -0.05) is 12.1 Å². The summed E-state index contributed by atoms with van der Waals surface area (Å²) in [5.74, 6) is -8.99. The second-order valence-electron chi connectivity index (χ2n) is 4.89. The molecule has 2 aromatic rings. The topological polar surface area (TPSA) is 217 Å². The van der Waals surface area contributed by atoms with Crippen molar-refractivity contribution in [3.63, 3.8) is 0 Å². The van der Waals surface area contributed by atoms with Crippen molar-refractivity contribution in [2.45, 2.75) is 0 Å². The molecule has 1 heterocycles. The van der Waals surface area contributed by atoms with E-state index in [4.69, 9.17) is 0 Å². The summed E-state index contributed by atoms with van der Waals surface area (Å²) in [6, 6.07) is 3.69. The number of nitro benzene ring substituents is 1. The zero-order valence-electron chi connectivity index (χ0n) is 12.8. The van der Waals surface area contributed by atoms with Crippen molar-refractivity contribution in [3.05, 3.63) is 56.9 Å². The minimum Gasteiger partial charge on any atom is -0.545 e. The van der Waals surface area contributed by atoms with Gasteiger partial charge in [0, 0.05) is 28.8 Å². The third-order valence-corrected chi connectivity index (χ3v) is 3.34. The number of non-ortho nitro benzene ring substituents is 1. The number of hydrogen-bond donors (Lipinski definition) is 0. The molecule has 0 aliphatic heterocycles. The lowest BCUT2D eigenvalue weighted by molar-refractivity contribution is -0.384. The van der Waals surface area contributed by atoms with E-state index in [1.54, 1.807) is 0 Å². The number of nitro groups is 1. The zero-order valence-corrected chi connectivity index (χ0v) is 12.8. The lowest BCUT2D eigenvalue weighted by atomic mass is 9.91. The highest BCUT2D eigenvalue weighted by atomic mass is 16.6. The number of rotatable bonds is 6. The van der Waals surface area contributed by atoms with Crippen molar-refractivity contribution in [2.24, 2.45) is 0 Å². The summed E-state index contributed by atoms with van der Waals surface area (Å²) >= 11 is 0. The molecule has 12 heteroatoms. The van der Waals surface area contributed by atoms with E-state index in [1.165, 1.54) is 0 Å². The van der Waals surface area contributed by atoms with Gasteiger partial charge in [-0.3, -0.25) is 10.1 Å². The highest BCUT2D eigenvalue weighted by Crippen LogP contribution is 2.33. The molecule has 0 atom stereocenters. The predicted molar refractivity (Wildman–Crippen MR) is 73.6 cm³/mol. The van der Waals surface area contributed by atoms with Gasteiger partial charge >= 0.3 is 0 Å². The Labute approximate surface area is 148 Å². The van der Waals surface area contributed by atoms with Gasteiger partial charge in [-0.15, -0.1) is 0 Å². The van der Waals surface area contributed by atoms with Gasteiger partial charge in [0.25, 0.3) is 5.69 Å². The van der Waals surface area contributed by atoms with Gasteiger partial charge in [0.15, 0.2) is 0 Å². The Morgan fingerprint density at radius 3 is 1.67 bits per heavy atom. The summed E-state index contributed by atoms with van der Waals surface area (Å²) in [5, 5.41) is 56.2. The van der Waals surface area contributed by atoms with E-state index >= 15 is 0 Å². The molecule has 0 spiro atoms. The number of carbonyl (C=O) groups is 4. The van der Waals surface area contributed by atoms with E-state index in [2.05, 4.69) is 4.98 Å². The molecule has 0 fully saturated rings. The second kappa shape index (κ2) is 6.87. The van der Waals surface area contributed by atoms with Crippen LogP contribution in [-0.2, 0) is 0 Å². The first-order valence-electron chi connectivity index (χ1n) is 6.74. The first-order chi connectivity index (χ1) is 12.6. The fourth-order valence-corrected chi connectivity index (χ4v) is 2.34. The van der Waals surface area contributed by atoms with Crippen LogP contribution >= 0.6 is 0 Å². The summed E-state index contributed by atoms with van der Waals surface area (Å²) in [6.07, 6.45) is 0. The van der Waals surface area contributed by atoms with Crippen LogP contribution in [0.15, 0.2) is 24.3 Å². The number of carbonyl (C=O) groups excluding carboxylic acids is 4. The Morgan fingerprint density at radius 2 is 1.30 bits per heavy atom. The van der Waals surface area contributed by atoms with Crippen LogP contribution in [-0.4, -0.2) is 33.8 Å². The molecule has 0 unspecified atom stereocenters. The Morgan fingerprint density at radius 1 is 0.815 bits per heavy atom. The second-order valence-corrected chi connectivity index (χ2v) is 4.89. The van der Waals surface area contributed by atoms with Crippen molar-refractivity contribution < 1.29 is 44.5 Å². The fourth-order valence-electron chi connectivity index (χ4n) is 2.34. The van der Waals surface area contributed by atoms with Gasteiger partial charge in [0.1, 0.15) is 0 Å². The van der Waals surface area contributed by atoms with E-state index < -0.39 is 68.1 Å². The van der Waals surface area contributed by atoms with E-state index in [0.717, 1.165) is 18.2 Å². The Hall–Kier alpha value is -4.35. The number of aromatic carboxylic acids is 4. The van der Waals surface area contributed by atoms with Gasteiger partial charge in [0.2, 0.25) is 0 Å². The molecule has 138 valence electrons. The maximum atomic E-state index is 11.4. The number of carboxylic acid groups (broad SMARTS) is 4. The van der Waals surface area contributed by atoms with Crippen LogP contribution in [0.1, 0.15) is 41.7 Å². The zero-order chi connectivity index (χ0) is 20.5. The van der Waals surface area contributed by atoms with Crippen LogP contribution in [0.25, 0.3) is 11.1 Å². The van der Waals surface area contributed by atoms with E-state index in [-0.39, 0.29) is 0 Å². The normalized spacial score (nSPS) is 10.2. The van der Waals surface area contributed by atoms with Gasteiger partial charge in [0.05, 0.1) is 40.2 Å². The van der Waals surface area contributed by atoms with Crippen molar-refractivity contribution in [1.82, 2.24) is 4.98 Å². The first-order valence-corrected chi connectivity index (χ1v) is 6.74. The van der Waals surface area contributed by atoms with E-state index in [1.807, 2.05) is 0 Å². The molecular formula is C15H4N2O10-4. The Kier molecular flexibility index (Phi) is 4.83. The average molecular weight is 372 g/mol. The summed E-state index contributed by atoms with van der Waals surface area (Å²) in [4.78, 5) is 58.2. The fraction of sp³-hybridized carbons (Fsp3) is 0. The van der Waals surface area contributed by atoms with Crippen molar-refractivity contribution in [1.29, 1.82) is 0 Å². The SMILES string of the molecule is O=C([O-])c1nc(C(=O)[O-])c(C(=O)[O-])c(-c2cccc([N+](=O)[O-])c2)c1C(=O)[O-]. The molecule has 0 saturated heterocycles. The highest BCUT2D eigenvalue weighted by Gasteiger charge is 2.24. The summed E-state index contributed by atoms with van der Waals surface area (Å²) < 4.78 is 0. The first kappa shape index (κ1) is 19.0. The van der Waals surface area contributed by atoms with Gasteiger partial charge in [-0.25, -0.2) is 4.98 Å². The van der Waals surface area contributed by atoms with Crippen molar-refractivity contribution in [2.75, 3.05) is 0 Å². The molecule has 0 radical (unpaired) electrons. The number of aromatic nitrogens is 1. The summed E-state index contributed by atoms with van der Waals surface area (Å²) in [5.41, 5.74) is -7.76. The Balaban J connectivity index is 3.12. The van der Waals surface area contributed by atoms with E-state index in [9.17, 15) is 49.7 Å². The number of hydrogen-bond acceptors (Lipinski definition) is 11. The molecular weight excluding hydrogens is 368 g/mol. The molecule has 0 amide bonds. The highest BCUT2D eigenvalue weighted by molar-refractivity contribution is 6.12. The lowest BCUT2D eigenvalue weighted by Crippen LogP contribution is -2.37. The van der Waals surface area contributed by atoms with Gasteiger partial charge < -0.3 is 39.6 Å². The van der Waals surface area contributed by atoms with Gasteiger partial charge in [-0.05, 0) is 5.56 Å². The molecule has 1 aromatic carbocycles. The molecule has 0 saturated carbocycles. The molecule has 1 aromatic heterocycles. The number of pyridine rings is 1. The summed E-state index contributed by atoms with van der Waals surface area (Å²) in [7, 11) is 0. The third-order valence-electron chi connectivity index (χ3n) is 3.34. The summed E-state index contributed by atoms with van der Waals surface area (Å²) in [6.45, 7) is 0. The average Bonchev–Trinajstić information content (AvgIpc) is 2.59. The molecule has 27 heavy (non-hydrogen) atoms. The largest absolute Gasteiger partial charge is 0.545 e. The smallest absolute Gasteiger partial charge is 0.270 e. The quantitative estimate of drug-likeness (QED) is 0.352. The van der Waals surface area contributed by atoms with Crippen LogP contribution in [0.3, 0.4) is 0 Å². The molecule has 2 rings (SSSR count). The molecule has 12 nitrogen and oxygen atoms in total. The van der Waals surface area contributed by atoms with Crippen molar-refractivity contribution >= 4 is 29.6 Å². The lowest BCUT2D eigenvalue weighted by Gasteiger charge is -2.23. The molecule has 0 N–H and O–H groups in total. The van der Waals surface area contributed by atoms with E-state index in [0.29, 0.717) is 6.07 Å².